The molecule has 0 amide bonds. The average Bonchev–Trinajstić information content (AvgIpc) is 2.56. The fourth-order valence-electron chi connectivity index (χ4n) is 3.09. The number of aliphatic carboxylic acids is 1. The molecule has 0 fully saturated rings. The van der Waals surface area contributed by atoms with E-state index in [-0.39, 0.29) is 6.04 Å². The summed E-state index contributed by atoms with van der Waals surface area (Å²) in [6.45, 7) is 6.56. The largest absolute Gasteiger partial charge is 0.480 e. The van der Waals surface area contributed by atoms with E-state index in [1.54, 1.807) is 0 Å². The summed E-state index contributed by atoms with van der Waals surface area (Å²) in [5, 5.41) is 12.8. The second-order valence-electron chi connectivity index (χ2n) is 6.79. The van der Waals surface area contributed by atoms with Gasteiger partial charge >= 0.3 is 5.97 Å². The normalized spacial score (nSPS) is 13.8. The van der Waals surface area contributed by atoms with E-state index in [2.05, 4.69) is 26.1 Å². The van der Waals surface area contributed by atoms with E-state index in [1.165, 1.54) is 51.4 Å². The van der Waals surface area contributed by atoms with Crippen LogP contribution in [0.1, 0.15) is 97.8 Å². The van der Waals surface area contributed by atoms with Crippen molar-refractivity contribution in [2.45, 2.75) is 110 Å². The lowest BCUT2D eigenvalue weighted by Gasteiger charge is -2.23. The van der Waals surface area contributed by atoms with Gasteiger partial charge in [0.25, 0.3) is 0 Å². The fourth-order valence-corrected chi connectivity index (χ4v) is 3.78. The number of hydrogen-bond donors (Lipinski definition) is 2. The van der Waals surface area contributed by atoms with Crippen molar-refractivity contribution in [2.75, 3.05) is 11.5 Å². The predicted molar refractivity (Wildman–Crippen MR) is 108 cm³/mol. The molecule has 0 aromatic heterocycles. The molecule has 0 aromatic carbocycles. The van der Waals surface area contributed by atoms with E-state index in [0.717, 1.165) is 37.2 Å². The van der Waals surface area contributed by atoms with Crippen molar-refractivity contribution in [2.24, 2.45) is 0 Å². The Morgan fingerprint density at radius 2 is 1.50 bits per heavy atom. The molecule has 2 atom stereocenters. The van der Waals surface area contributed by atoms with Gasteiger partial charge < -0.3 is 10.4 Å². The van der Waals surface area contributed by atoms with Crippen molar-refractivity contribution in [1.29, 1.82) is 0 Å². The first-order valence-electron chi connectivity index (χ1n) is 10.2. The summed E-state index contributed by atoms with van der Waals surface area (Å²) >= 11 is 1.82. The molecule has 0 saturated carbocycles. The standard InChI is InChI=1S/C20H41NO2S/c1-4-7-8-9-10-11-12-13-15-18(14-5-2)21-19(20(22)23)16-17-24-6-3/h18-19,21H,4-17H2,1-3H3,(H,22,23)/t18?,19-/m0/s1. The summed E-state index contributed by atoms with van der Waals surface area (Å²) in [6.07, 6.45) is 14.7. The maximum absolute atomic E-state index is 11.5. The highest BCUT2D eigenvalue weighted by Gasteiger charge is 2.20. The number of thioether (sulfide) groups is 1. The summed E-state index contributed by atoms with van der Waals surface area (Å²) < 4.78 is 0. The molecule has 24 heavy (non-hydrogen) atoms. The Balaban J connectivity index is 3.97. The quantitative estimate of drug-likeness (QED) is 0.300. The Hall–Kier alpha value is -0.220. The van der Waals surface area contributed by atoms with Crippen LogP contribution in [0.5, 0.6) is 0 Å². The van der Waals surface area contributed by atoms with E-state index in [1.807, 2.05) is 11.8 Å². The van der Waals surface area contributed by atoms with Crippen molar-refractivity contribution >= 4 is 17.7 Å². The summed E-state index contributed by atoms with van der Waals surface area (Å²) in [5.41, 5.74) is 0. The van der Waals surface area contributed by atoms with Gasteiger partial charge in [-0.3, -0.25) is 4.79 Å². The highest BCUT2D eigenvalue weighted by atomic mass is 32.2. The predicted octanol–water partition coefficient (Wildman–Crippen LogP) is 5.87. The molecule has 0 heterocycles. The van der Waals surface area contributed by atoms with Crippen LogP contribution in [0, 0.1) is 0 Å². The van der Waals surface area contributed by atoms with Crippen LogP contribution in [0.15, 0.2) is 0 Å². The lowest BCUT2D eigenvalue weighted by Crippen LogP contribution is -2.43. The first-order valence-corrected chi connectivity index (χ1v) is 11.4. The molecule has 0 saturated heterocycles. The maximum Gasteiger partial charge on any atom is 0.320 e. The molecule has 3 nitrogen and oxygen atoms in total. The van der Waals surface area contributed by atoms with Crippen molar-refractivity contribution in [3.63, 3.8) is 0 Å². The molecule has 0 spiro atoms. The van der Waals surface area contributed by atoms with Crippen molar-refractivity contribution in [3.05, 3.63) is 0 Å². The van der Waals surface area contributed by atoms with Gasteiger partial charge in [0, 0.05) is 6.04 Å². The van der Waals surface area contributed by atoms with Gasteiger partial charge in [-0.25, -0.2) is 0 Å². The van der Waals surface area contributed by atoms with E-state index >= 15 is 0 Å². The molecule has 0 aliphatic heterocycles. The molecule has 2 N–H and O–H groups in total. The summed E-state index contributed by atoms with van der Waals surface area (Å²) in [5.74, 6) is 1.30. The first kappa shape index (κ1) is 23.8. The number of nitrogens with one attached hydrogen (secondary N) is 1. The monoisotopic (exact) mass is 359 g/mol. The van der Waals surface area contributed by atoms with E-state index < -0.39 is 5.97 Å². The molecule has 0 bridgehead atoms. The van der Waals surface area contributed by atoms with Gasteiger partial charge in [-0.2, -0.15) is 11.8 Å². The van der Waals surface area contributed by atoms with Gasteiger partial charge in [0.1, 0.15) is 6.04 Å². The van der Waals surface area contributed by atoms with Gasteiger partial charge in [0.05, 0.1) is 0 Å². The highest BCUT2D eigenvalue weighted by Crippen LogP contribution is 2.14. The summed E-state index contributed by atoms with van der Waals surface area (Å²) in [4.78, 5) is 11.5. The molecule has 0 rings (SSSR count). The van der Waals surface area contributed by atoms with Crippen LogP contribution in [0.2, 0.25) is 0 Å². The topological polar surface area (TPSA) is 49.3 Å². The minimum absolute atomic E-state index is 0.364. The molecule has 0 aromatic rings. The minimum Gasteiger partial charge on any atom is -0.480 e. The number of rotatable bonds is 18. The summed E-state index contributed by atoms with van der Waals surface area (Å²) in [7, 11) is 0. The lowest BCUT2D eigenvalue weighted by molar-refractivity contribution is -0.139. The molecule has 4 heteroatoms. The SMILES string of the molecule is CCCCCCCCCCC(CCC)N[C@@H](CCSCC)C(=O)O. The van der Waals surface area contributed by atoms with Crippen LogP contribution in [0.25, 0.3) is 0 Å². The van der Waals surface area contributed by atoms with Crippen LogP contribution in [0.4, 0.5) is 0 Å². The van der Waals surface area contributed by atoms with Crippen LogP contribution in [0.3, 0.4) is 0 Å². The van der Waals surface area contributed by atoms with E-state index in [9.17, 15) is 9.90 Å². The maximum atomic E-state index is 11.5. The third kappa shape index (κ3) is 14.2. The molecule has 0 aliphatic rings. The fraction of sp³-hybridized carbons (Fsp3) is 0.950. The Labute approximate surface area is 154 Å². The zero-order valence-electron chi connectivity index (χ0n) is 16.3. The van der Waals surface area contributed by atoms with Gasteiger partial charge in [-0.1, -0.05) is 78.6 Å². The number of unbranched alkanes of at least 4 members (excludes halogenated alkanes) is 7. The molecular weight excluding hydrogens is 318 g/mol. The van der Waals surface area contributed by atoms with Crippen LogP contribution in [-0.4, -0.2) is 34.7 Å². The second-order valence-corrected chi connectivity index (χ2v) is 8.19. The molecule has 144 valence electrons. The Kier molecular flexibility index (Phi) is 17.4. The number of hydrogen-bond acceptors (Lipinski definition) is 3. The molecule has 0 aliphatic carbocycles. The van der Waals surface area contributed by atoms with Crippen molar-refractivity contribution in [1.82, 2.24) is 5.32 Å². The van der Waals surface area contributed by atoms with Crippen molar-refractivity contribution in [3.8, 4) is 0 Å². The van der Waals surface area contributed by atoms with Gasteiger partial charge in [-0.05, 0) is 30.8 Å². The van der Waals surface area contributed by atoms with E-state index in [0.29, 0.717) is 6.04 Å². The molecule has 1 unspecified atom stereocenters. The molecule has 0 radical (unpaired) electrons. The lowest BCUT2D eigenvalue weighted by atomic mass is 10.0. The number of carboxylic acids is 1. The third-order valence-corrected chi connectivity index (χ3v) is 5.47. The first-order chi connectivity index (χ1) is 11.7. The zero-order valence-corrected chi connectivity index (χ0v) is 17.1. The zero-order chi connectivity index (χ0) is 18.0. The average molecular weight is 360 g/mol. The smallest absolute Gasteiger partial charge is 0.320 e. The Bertz CT molecular complexity index is 287. The number of carbonyl (C=O) groups is 1. The third-order valence-electron chi connectivity index (χ3n) is 4.53. The van der Waals surface area contributed by atoms with E-state index in [4.69, 9.17) is 0 Å². The highest BCUT2D eigenvalue weighted by molar-refractivity contribution is 7.99. The van der Waals surface area contributed by atoms with Gasteiger partial charge in [-0.15, -0.1) is 0 Å². The van der Waals surface area contributed by atoms with Crippen LogP contribution in [-0.2, 0) is 4.79 Å². The van der Waals surface area contributed by atoms with Crippen molar-refractivity contribution < 1.29 is 9.90 Å². The Morgan fingerprint density at radius 3 is 2.04 bits per heavy atom. The number of carboxylic acid groups (broad SMARTS) is 1. The van der Waals surface area contributed by atoms with Crippen LogP contribution < -0.4 is 5.32 Å². The Morgan fingerprint density at radius 1 is 0.875 bits per heavy atom. The minimum atomic E-state index is -0.691. The van der Waals surface area contributed by atoms with Crippen LogP contribution >= 0.6 is 11.8 Å². The molecular formula is C20H41NO2S. The second kappa shape index (κ2) is 17.6. The van der Waals surface area contributed by atoms with Gasteiger partial charge in [0.2, 0.25) is 0 Å². The summed E-state index contributed by atoms with van der Waals surface area (Å²) in [6, 6.07) is -0.0162. The van der Waals surface area contributed by atoms with Gasteiger partial charge in [0.15, 0.2) is 0 Å².